The first-order valence-corrected chi connectivity index (χ1v) is 5.83. The maximum absolute atomic E-state index is 11.8. The molecule has 0 aromatic heterocycles. The fourth-order valence-electron chi connectivity index (χ4n) is 1.30. The molecule has 4 nitrogen and oxygen atoms in total. The Labute approximate surface area is 107 Å². The molecule has 0 radical (unpaired) electrons. The highest BCUT2D eigenvalue weighted by Crippen LogP contribution is 2.17. The predicted molar refractivity (Wildman–Crippen MR) is 70.7 cm³/mol. The molecule has 0 fully saturated rings. The molecule has 18 heavy (non-hydrogen) atoms. The second-order valence-electron chi connectivity index (χ2n) is 5.04. The zero-order valence-electron chi connectivity index (χ0n) is 11.2. The van der Waals surface area contributed by atoms with Crippen LogP contribution in [0.3, 0.4) is 0 Å². The van der Waals surface area contributed by atoms with Crippen LogP contribution in [0.15, 0.2) is 24.3 Å². The van der Waals surface area contributed by atoms with Crippen LogP contribution < -0.4 is 5.32 Å². The Morgan fingerprint density at radius 1 is 1.22 bits per heavy atom. The zero-order valence-corrected chi connectivity index (χ0v) is 11.2. The lowest BCUT2D eigenvalue weighted by Crippen LogP contribution is -2.26. The first-order valence-electron chi connectivity index (χ1n) is 5.83. The van der Waals surface area contributed by atoms with Crippen molar-refractivity contribution < 1.29 is 14.3 Å². The van der Waals surface area contributed by atoms with Gasteiger partial charge in [-0.2, -0.15) is 0 Å². The molecule has 1 rings (SSSR count). The van der Waals surface area contributed by atoms with Gasteiger partial charge in [-0.05, 0) is 12.1 Å². The standard InChI is InChI=1S/C14H19NO3/c1-14(2,3)12(16)9-18-13(17)10-7-5-6-8-11(10)15-4/h5-8,15H,9H2,1-4H3. The van der Waals surface area contributed by atoms with Crippen LogP contribution in [0.1, 0.15) is 31.1 Å². The van der Waals surface area contributed by atoms with Crippen LogP contribution in [0.5, 0.6) is 0 Å². The number of Topliss-reactive ketones (excluding diaryl/α,β-unsaturated/α-hetero) is 1. The Hall–Kier alpha value is -1.84. The van der Waals surface area contributed by atoms with Gasteiger partial charge in [0.05, 0.1) is 5.56 Å². The second kappa shape index (κ2) is 5.67. The van der Waals surface area contributed by atoms with Crippen LogP contribution in [-0.2, 0) is 9.53 Å². The first-order chi connectivity index (χ1) is 8.36. The Morgan fingerprint density at radius 2 is 1.83 bits per heavy atom. The van der Waals surface area contributed by atoms with Crippen molar-refractivity contribution in [1.82, 2.24) is 0 Å². The van der Waals surface area contributed by atoms with E-state index >= 15 is 0 Å². The normalized spacial score (nSPS) is 10.9. The van der Waals surface area contributed by atoms with E-state index in [1.807, 2.05) is 6.07 Å². The highest BCUT2D eigenvalue weighted by molar-refractivity contribution is 5.97. The van der Waals surface area contributed by atoms with Crippen molar-refractivity contribution >= 4 is 17.4 Å². The lowest BCUT2D eigenvalue weighted by molar-refractivity contribution is -0.129. The van der Waals surface area contributed by atoms with Gasteiger partial charge in [0.1, 0.15) is 0 Å². The number of carbonyl (C=O) groups excluding carboxylic acids is 2. The van der Waals surface area contributed by atoms with Gasteiger partial charge in [-0.25, -0.2) is 4.79 Å². The summed E-state index contributed by atoms with van der Waals surface area (Å²) in [6, 6.07) is 7.02. The molecule has 0 atom stereocenters. The van der Waals surface area contributed by atoms with Crippen LogP contribution >= 0.6 is 0 Å². The average molecular weight is 249 g/mol. The minimum atomic E-state index is -0.497. The number of hydrogen-bond acceptors (Lipinski definition) is 4. The fraction of sp³-hybridized carbons (Fsp3) is 0.429. The molecule has 4 heteroatoms. The number of benzene rings is 1. The van der Waals surface area contributed by atoms with Crippen molar-refractivity contribution in [3.63, 3.8) is 0 Å². The molecule has 1 aromatic carbocycles. The van der Waals surface area contributed by atoms with Crippen LogP contribution in [0.4, 0.5) is 5.69 Å². The summed E-state index contributed by atoms with van der Waals surface area (Å²) < 4.78 is 5.03. The highest BCUT2D eigenvalue weighted by atomic mass is 16.5. The fourth-order valence-corrected chi connectivity index (χ4v) is 1.30. The van der Waals surface area contributed by atoms with Crippen LogP contribution in [0, 0.1) is 5.41 Å². The molecular formula is C14H19NO3. The number of ether oxygens (including phenoxy) is 1. The largest absolute Gasteiger partial charge is 0.454 e. The lowest BCUT2D eigenvalue weighted by atomic mass is 9.91. The molecule has 98 valence electrons. The van der Waals surface area contributed by atoms with Crippen molar-refractivity contribution in [2.75, 3.05) is 19.0 Å². The average Bonchev–Trinajstić information content (AvgIpc) is 2.34. The van der Waals surface area contributed by atoms with E-state index in [1.54, 1.807) is 46.0 Å². The van der Waals surface area contributed by atoms with Crippen molar-refractivity contribution in [1.29, 1.82) is 0 Å². The third kappa shape index (κ3) is 3.58. The summed E-state index contributed by atoms with van der Waals surface area (Å²) >= 11 is 0. The van der Waals surface area contributed by atoms with E-state index in [0.29, 0.717) is 11.3 Å². The number of carbonyl (C=O) groups is 2. The van der Waals surface area contributed by atoms with Gasteiger partial charge in [-0.3, -0.25) is 4.79 Å². The van der Waals surface area contributed by atoms with Gasteiger partial charge < -0.3 is 10.1 Å². The zero-order chi connectivity index (χ0) is 13.8. The maximum atomic E-state index is 11.8. The summed E-state index contributed by atoms with van der Waals surface area (Å²) in [7, 11) is 1.73. The van der Waals surface area contributed by atoms with E-state index < -0.39 is 11.4 Å². The molecule has 0 unspecified atom stereocenters. The monoisotopic (exact) mass is 249 g/mol. The minimum absolute atomic E-state index is 0.0993. The number of anilines is 1. The SMILES string of the molecule is CNc1ccccc1C(=O)OCC(=O)C(C)(C)C. The molecule has 1 N–H and O–H groups in total. The van der Waals surface area contributed by atoms with E-state index in [2.05, 4.69) is 5.32 Å². The Balaban J connectivity index is 2.69. The van der Waals surface area contributed by atoms with Crippen molar-refractivity contribution in [3.05, 3.63) is 29.8 Å². The van der Waals surface area contributed by atoms with Gasteiger partial charge >= 0.3 is 5.97 Å². The highest BCUT2D eigenvalue weighted by Gasteiger charge is 2.23. The molecule has 0 aliphatic heterocycles. The molecule has 1 aromatic rings. The Morgan fingerprint density at radius 3 is 2.39 bits per heavy atom. The van der Waals surface area contributed by atoms with Gasteiger partial charge in [-0.1, -0.05) is 32.9 Å². The van der Waals surface area contributed by atoms with Gasteiger partial charge in [-0.15, -0.1) is 0 Å². The maximum Gasteiger partial charge on any atom is 0.340 e. The molecule has 0 heterocycles. The second-order valence-corrected chi connectivity index (χ2v) is 5.04. The van der Waals surface area contributed by atoms with Gasteiger partial charge in [0.25, 0.3) is 0 Å². The first kappa shape index (κ1) is 14.2. The number of rotatable bonds is 4. The predicted octanol–water partition coefficient (Wildman–Crippen LogP) is 2.50. The minimum Gasteiger partial charge on any atom is -0.454 e. The molecule has 0 saturated carbocycles. The van der Waals surface area contributed by atoms with Crippen LogP contribution in [-0.4, -0.2) is 25.4 Å². The van der Waals surface area contributed by atoms with E-state index in [-0.39, 0.29) is 12.4 Å². The third-order valence-corrected chi connectivity index (χ3v) is 2.59. The molecule has 0 saturated heterocycles. The molecule has 0 amide bonds. The summed E-state index contributed by atoms with van der Waals surface area (Å²) in [5.41, 5.74) is 0.621. The van der Waals surface area contributed by atoms with Crippen LogP contribution in [0.2, 0.25) is 0 Å². The Bertz CT molecular complexity index is 447. The van der Waals surface area contributed by atoms with Crippen molar-refractivity contribution in [2.45, 2.75) is 20.8 Å². The third-order valence-electron chi connectivity index (χ3n) is 2.59. The molecule has 0 spiro atoms. The van der Waals surface area contributed by atoms with E-state index in [1.165, 1.54) is 0 Å². The molecular weight excluding hydrogens is 230 g/mol. The summed E-state index contributed by atoms with van der Waals surface area (Å²) in [6.07, 6.45) is 0. The van der Waals surface area contributed by atoms with Gasteiger partial charge in [0, 0.05) is 18.2 Å². The molecule has 0 bridgehead atoms. The lowest BCUT2D eigenvalue weighted by Gasteiger charge is -2.16. The summed E-state index contributed by atoms with van der Waals surface area (Å²) in [6.45, 7) is 5.19. The van der Waals surface area contributed by atoms with E-state index in [9.17, 15) is 9.59 Å². The smallest absolute Gasteiger partial charge is 0.340 e. The van der Waals surface area contributed by atoms with E-state index in [4.69, 9.17) is 4.74 Å². The summed E-state index contributed by atoms with van der Waals surface area (Å²) in [5, 5.41) is 2.91. The van der Waals surface area contributed by atoms with Gasteiger partial charge in [0.15, 0.2) is 12.4 Å². The molecule has 0 aliphatic rings. The quantitative estimate of drug-likeness (QED) is 0.833. The summed E-state index contributed by atoms with van der Waals surface area (Å²) in [4.78, 5) is 23.5. The number of esters is 1. The number of hydrogen-bond donors (Lipinski definition) is 1. The number of ketones is 1. The van der Waals surface area contributed by atoms with Crippen molar-refractivity contribution in [2.24, 2.45) is 5.41 Å². The molecule has 0 aliphatic carbocycles. The van der Waals surface area contributed by atoms with Gasteiger partial charge in [0.2, 0.25) is 0 Å². The number of nitrogens with one attached hydrogen (secondary N) is 1. The van der Waals surface area contributed by atoms with Crippen LogP contribution in [0.25, 0.3) is 0 Å². The van der Waals surface area contributed by atoms with Crippen molar-refractivity contribution in [3.8, 4) is 0 Å². The Kier molecular flexibility index (Phi) is 4.48. The number of para-hydroxylation sites is 1. The summed E-state index contributed by atoms with van der Waals surface area (Å²) in [5.74, 6) is -0.588. The topological polar surface area (TPSA) is 55.4 Å². The van der Waals surface area contributed by atoms with E-state index in [0.717, 1.165) is 0 Å².